The molecule has 1 atom stereocenters. The van der Waals surface area contributed by atoms with Gasteiger partial charge in [-0.05, 0) is 39.3 Å². The van der Waals surface area contributed by atoms with Crippen LogP contribution in [0.2, 0.25) is 0 Å². The van der Waals surface area contributed by atoms with Crippen LogP contribution in [0.25, 0.3) is 0 Å². The van der Waals surface area contributed by atoms with Gasteiger partial charge in [-0.25, -0.2) is 0 Å². The van der Waals surface area contributed by atoms with Gasteiger partial charge in [-0.15, -0.1) is 0 Å². The number of aliphatic hydroxyl groups is 1. The molecule has 1 rings (SSSR count). The predicted molar refractivity (Wildman–Crippen MR) is 67.5 cm³/mol. The maximum absolute atomic E-state index is 9.23. The van der Waals surface area contributed by atoms with E-state index in [1.165, 1.54) is 26.1 Å². The number of hydrogen-bond donors (Lipinski definition) is 2. The van der Waals surface area contributed by atoms with Gasteiger partial charge in [0.25, 0.3) is 0 Å². The van der Waals surface area contributed by atoms with Crippen molar-refractivity contribution in [3.63, 3.8) is 0 Å². The van der Waals surface area contributed by atoms with E-state index >= 15 is 0 Å². The standard InChI is InChI=1S/C12H27N3O/c1-12(16)4-7-15-10-8-14(9-11-15)6-3-2-5-13/h12,16H,2-11,13H2,1H3. The fraction of sp³-hybridized carbons (Fsp3) is 1.00. The molecule has 96 valence electrons. The molecule has 4 heteroatoms. The lowest BCUT2D eigenvalue weighted by Gasteiger charge is -2.34. The summed E-state index contributed by atoms with van der Waals surface area (Å²) in [5.74, 6) is 0. The zero-order valence-corrected chi connectivity index (χ0v) is 10.6. The lowest BCUT2D eigenvalue weighted by atomic mass is 10.2. The fourth-order valence-electron chi connectivity index (χ4n) is 2.09. The van der Waals surface area contributed by atoms with E-state index in [-0.39, 0.29) is 6.10 Å². The van der Waals surface area contributed by atoms with E-state index < -0.39 is 0 Å². The van der Waals surface area contributed by atoms with Crippen molar-refractivity contribution in [1.29, 1.82) is 0 Å². The van der Waals surface area contributed by atoms with Gasteiger partial charge in [-0.3, -0.25) is 0 Å². The summed E-state index contributed by atoms with van der Waals surface area (Å²) < 4.78 is 0. The first-order chi connectivity index (χ1) is 7.72. The Labute approximate surface area is 99.4 Å². The van der Waals surface area contributed by atoms with Crippen molar-refractivity contribution in [3.8, 4) is 0 Å². The van der Waals surface area contributed by atoms with Crippen LogP contribution in [0.3, 0.4) is 0 Å². The average Bonchev–Trinajstić information content (AvgIpc) is 2.28. The molecule has 1 unspecified atom stereocenters. The number of nitrogens with two attached hydrogens (primary N) is 1. The van der Waals surface area contributed by atoms with Crippen molar-refractivity contribution in [3.05, 3.63) is 0 Å². The van der Waals surface area contributed by atoms with E-state index in [1.807, 2.05) is 6.92 Å². The van der Waals surface area contributed by atoms with Crippen LogP contribution in [0.1, 0.15) is 26.2 Å². The molecular formula is C12H27N3O. The number of aliphatic hydroxyl groups excluding tert-OH is 1. The average molecular weight is 229 g/mol. The van der Waals surface area contributed by atoms with Gasteiger partial charge in [0.05, 0.1) is 6.10 Å². The number of rotatable bonds is 7. The van der Waals surface area contributed by atoms with Gasteiger partial charge in [0.2, 0.25) is 0 Å². The van der Waals surface area contributed by atoms with Gasteiger partial charge in [-0.2, -0.15) is 0 Å². The van der Waals surface area contributed by atoms with Crippen LogP contribution in [0.4, 0.5) is 0 Å². The maximum atomic E-state index is 9.23. The van der Waals surface area contributed by atoms with Crippen molar-refractivity contribution in [2.24, 2.45) is 5.73 Å². The molecule has 0 amide bonds. The van der Waals surface area contributed by atoms with Crippen LogP contribution < -0.4 is 5.73 Å². The van der Waals surface area contributed by atoms with Crippen LogP contribution in [0.15, 0.2) is 0 Å². The van der Waals surface area contributed by atoms with Gasteiger partial charge >= 0.3 is 0 Å². The van der Waals surface area contributed by atoms with Crippen LogP contribution in [0, 0.1) is 0 Å². The largest absolute Gasteiger partial charge is 0.393 e. The molecule has 0 aliphatic carbocycles. The Morgan fingerprint density at radius 1 is 1.06 bits per heavy atom. The first kappa shape index (κ1) is 13.9. The monoisotopic (exact) mass is 229 g/mol. The Balaban J connectivity index is 2.04. The Bertz CT molecular complexity index is 168. The highest BCUT2D eigenvalue weighted by molar-refractivity contribution is 4.72. The lowest BCUT2D eigenvalue weighted by molar-refractivity contribution is 0.107. The van der Waals surface area contributed by atoms with Gasteiger partial charge in [0, 0.05) is 32.7 Å². The third kappa shape index (κ3) is 5.80. The third-order valence-corrected chi connectivity index (χ3v) is 3.26. The van der Waals surface area contributed by atoms with Crippen molar-refractivity contribution < 1.29 is 5.11 Å². The normalized spacial score (nSPS) is 21.2. The molecule has 1 heterocycles. The molecule has 3 N–H and O–H groups in total. The summed E-state index contributed by atoms with van der Waals surface area (Å²) in [4.78, 5) is 4.97. The van der Waals surface area contributed by atoms with E-state index in [9.17, 15) is 5.11 Å². The Kier molecular flexibility index (Phi) is 6.96. The summed E-state index contributed by atoms with van der Waals surface area (Å²) in [5, 5.41) is 9.23. The lowest BCUT2D eigenvalue weighted by Crippen LogP contribution is -2.47. The van der Waals surface area contributed by atoms with Gasteiger partial charge < -0.3 is 20.6 Å². The van der Waals surface area contributed by atoms with Gasteiger partial charge in [-0.1, -0.05) is 0 Å². The van der Waals surface area contributed by atoms with E-state index in [4.69, 9.17) is 5.73 Å². The third-order valence-electron chi connectivity index (χ3n) is 3.26. The SMILES string of the molecule is CC(O)CCN1CCN(CCCCN)CC1. The van der Waals surface area contributed by atoms with E-state index in [0.29, 0.717) is 0 Å². The molecule has 0 saturated carbocycles. The fourth-order valence-corrected chi connectivity index (χ4v) is 2.09. The molecule has 0 bridgehead atoms. The van der Waals surface area contributed by atoms with Crippen molar-refractivity contribution >= 4 is 0 Å². The molecule has 0 aromatic rings. The van der Waals surface area contributed by atoms with Crippen LogP contribution in [-0.2, 0) is 0 Å². The summed E-state index contributed by atoms with van der Waals surface area (Å²) in [5.41, 5.74) is 5.48. The molecule has 0 aromatic heterocycles. The minimum Gasteiger partial charge on any atom is -0.393 e. The zero-order valence-electron chi connectivity index (χ0n) is 10.6. The van der Waals surface area contributed by atoms with E-state index in [0.717, 1.165) is 39.0 Å². The second kappa shape index (κ2) is 8.01. The summed E-state index contributed by atoms with van der Waals surface area (Å²) >= 11 is 0. The molecule has 1 aliphatic rings. The highest BCUT2D eigenvalue weighted by atomic mass is 16.3. The quantitative estimate of drug-likeness (QED) is 0.609. The molecule has 16 heavy (non-hydrogen) atoms. The minimum atomic E-state index is -0.164. The van der Waals surface area contributed by atoms with Crippen molar-refractivity contribution in [2.75, 3.05) is 45.8 Å². The van der Waals surface area contributed by atoms with Gasteiger partial charge in [0.15, 0.2) is 0 Å². The first-order valence-corrected chi connectivity index (χ1v) is 6.55. The summed E-state index contributed by atoms with van der Waals surface area (Å²) in [6.45, 7) is 9.55. The number of piperazine rings is 1. The van der Waals surface area contributed by atoms with E-state index in [2.05, 4.69) is 9.80 Å². The Hall–Kier alpha value is -0.160. The van der Waals surface area contributed by atoms with Gasteiger partial charge in [0.1, 0.15) is 0 Å². The zero-order chi connectivity index (χ0) is 11.8. The number of hydrogen-bond acceptors (Lipinski definition) is 4. The smallest absolute Gasteiger partial charge is 0.0524 e. The Morgan fingerprint density at radius 3 is 2.12 bits per heavy atom. The van der Waals surface area contributed by atoms with Crippen molar-refractivity contribution in [1.82, 2.24) is 9.80 Å². The molecule has 4 nitrogen and oxygen atoms in total. The predicted octanol–water partition coefficient (Wildman–Crippen LogP) is 0.114. The molecule has 0 radical (unpaired) electrons. The minimum absolute atomic E-state index is 0.164. The second-order valence-electron chi connectivity index (χ2n) is 4.82. The molecular weight excluding hydrogens is 202 g/mol. The topological polar surface area (TPSA) is 52.7 Å². The molecule has 1 saturated heterocycles. The first-order valence-electron chi connectivity index (χ1n) is 6.55. The molecule has 0 spiro atoms. The Morgan fingerprint density at radius 2 is 1.62 bits per heavy atom. The maximum Gasteiger partial charge on any atom is 0.0524 e. The highest BCUT2D eigenvalue weighted by Crippen LogP contribution is 2.04. The number of nitrogens with zero attached hydrogens (tertiary/aromatic N) is 2. The number of unbranched alkanes of at least 4 members (excludes halogenated alkanes) is 1. The summed E-state index contributed by atoms with van der Waals surface area (Å²) in [6, 6.07) is 0. The highest BCUT2D eigenvalue weighted by Gasteiger charge is 2.16. The molecule has 1 fully saturated rings. The van der Waals surface area contributed by atoms with Crippen LogP contribution in [-0.4, -0.2) is 66.8 Å². The summed E-state index contributed by atoms with van der Waals surface area (Å²) in [7, 11) is 0. The molecule has 0 aromatic carbocycles. The van der Waals surface area contributed by atoms with E-state index in [1.54, 1.807) is 0 Å². The second-order valence-corrected chi connectivity index (χ2v) is 4.82. The van der Waals surface area contributed by atoms with Crippen LogP contribution in [0.5, 0.6) is 0 Å². The summed E-state index contributed by atoms with van der Waals surface area (Å²) in [6.07, 6.45) is 3.10. The van der Waals surface area contributed by atoms with Crippen molar-refractivity contribution in [2.45, 2.75) is 32.3 Å². The molecule has 1 aliphatic heterocycles. The van der Waals surface area contributed by atoms with Crippen LogP contribution >= 0.6 is 0 Å².